The molecule has 2 aliphatic heterocycles. The zero-order chi connectivity index (χ0) is 28.0. The van der Waals surface area contributed by atoms with Crippen LogP contribution in [0.25, 0.3) is 0 Å². The topological polar surface area (TPSA) is 65.6 Å². The number of rotatable bonds is 8. The Morgan fingerprint density at radius 2 is 1.72 bits per heavy atom. The largest absolute Gasteiger partial charge is 0.378 e. The lowest BCUT2D eigenvalue weighted by molar-refractivity contribution is -0.0757. The van der Waals surface area contributed by atoms with Gasteiger partial charge in [0.1, 0.15) is 5.67 Å². The Morgan fingerprint density at radius 3 is 2.33 bits per heavy atom. The molecule has 2 aliphatic rings. The van der Waals surface area contributed by atoms with Gasteiger partial charge in [-0.15, -0.1) is 0 Å². The molecule has 0 saturated carbocycles. The number of carbonyl (C=O) groups is 2. The number of piperidine rings is 1. The molecule has 2 aromatic rings. The number of hydroxylamine groups is 2. The maximum Gasteiger partial charge on any atom is 0.324 e. The first-order valence-electron chi connectivity index (χ1n) is 13.7. The summed E-state index contributed by atoms with van der Waals surface area (Å²) in [5.74, 6) is 0.131. The lowest BCUT2D eigenvalue weighted by atomic mass is 9.88. The van der Waals surface area contributed by atoms with Gasteiger partial charge in [-0.1, -0.05) is 24.3 Å². The Bertz CT molecular complexity index is 1110. The van der Waals surface area contributed by atoms with Gasteiger partial charge in [-0.2, -0.15) is 0 Å². The van der Waals surface area contributed by atoms with Crippen molar-refractivity contribution in [3.8, 4) is 0 Å². The maximum absolute atomic E-state index is 14.1. The molecule has 0 aliphatic carbocycles. The smallest absolute Gasteiger partial charge is 0.324 e. The number of halogens is 1. The molecule has 3 amide bonds. The van der Waals surface area contributed by atoms with Gasteiger partial charge in [0.2, 0.25) is 0 Å². The van der Waals surface area contributed by atoms with E-state index >= 15 is 0 Å². The van der Waals surface area contributed by atoms with Crippen molar-refractivity contribution in [2.75, 3.05) is 65.0 Å². The highest BCUT2D eigenvalue weighted by Crippen LogP contribution is 2.32. The summed E-state index contributed by atoms with van der Waals surface area (Å²) in [6, 6.07) is 15.5. The van der Waals surface area contributed by atoms with Gasteiger partial charge < -0.3 is 14.5 Å². The van der Waals surface area contributed by atoms with E-state index in [1.807, 2.05) is 34.1 Å². The van der Waals surface area contributed by atoms with Gasteiger partial charge in [-0.05, 0) is 81.1 Å². The van der Waals surface area contributed by atoms with Gasteiger partial charge in [0, 0.05) is 37.9 Å². The number of likely N-dealkylation sites (tertiary alicyclic amines) is 1. The summed E-state index contributed by atoms with van der Waals surface area (Å²) in [7, 11) is 3.02. The van der Waals surface area contributed by atoms with Crippen LogP contribution in [0.15, 0.2) is 48.5 Å². The number of nitrogens with zero attached hydrogens (tertiary/aromatic N) is 4. The number of morpholine rings is 1. The number of amides is 3. The van der Waals surface area contributed by atoms with Gasteiger partial charge in [-0.25, -0.2) is 14.2 Å². The predicted molar refractivity (Wildman–Crippen MR) is 150 cm³/mol. The van der Waals surface area contributed by atoms with E-state index in [0.717, 1.165) is 37.2 Å². The molecule has 0 N–H and O–H groups in total. The number of ether oxygens (including phenoxy) is 1. The van der Waals surface area contributed by atoms with Crippen LogP contribution < -0.4 is 4.90 Å². The average Bonchev–Trinajstić information content (AvgIpc) is 2.95. The van der Waals surface area contributed by atoms with E-state index in [4.69, 9.17) is 9.57 Å². The fourth-order valence-electron chi connectivity index (χ4n) is 5.30. The molecule has 2 saturated heterocycles. The number of benzene rings is 2. The molecule has 4 rings (SSSR count). The van der Waals surface area contributed by atoms with Crippen LogP contribution in [0.5, 0.6) is 0 Å². The minimum atomic E-state index is -1.20. The van der Waals surface area contributed by atoms with Crippen LogP contribution in [0.1, 0.15) is 54.1 Å². The van der Waals surface area contributed by atoms with E-state index < -0.39 is 5.67 Å². The number of hydrogen-bond donors (Lipinski definition) is 0. The summed E-state index contributed by atoms with van der Waals surface area (Å²) < 4.78 is 19.6. The minimum Gasteiger partial charge on any atom is -0.378 e. The second kappa shape index (κ2) is 12.9. The highest BCUT2D eigenvalue weighted by Gasteiger charge is 2.28. The molecule has 2 fully saturated rings. The van der Waals surface area contributed by atoms with Crippen molar-refractivity contribution in [2.24, 2.45) is 0 Å². The second-order valence-electron chi connectivity index (χ2n) is 11.0. The number of anilines is 1. The van der Waals surface area contributed by atoms with Crippen LogP contribution in [0.4, 0.5) is 14.9 Å². The quantitative estimate of drug-likeness (QED) is 0.454. The standard InChI is InChI=1S/C30H41FN4O4/c1-30(2,31)22-33-14-12-24(13-15-33)26-6-5-7-27(20-26)35(29(37)34-16-18-39-19-17-34)21-23-8-10-25(11-9-23)28(36)32(3)38-4/h5-11,20,24H,12-19,21-22H2,1-4H3. The van der Waals surface area contributed by atoms with Crippen LogP contribution in [-0.4, -0.2) is 92.6 Å². The third-order valence-electron chi connectivity index (χ3n) is 7.45. The Labute approximate surface area is 231 Å². The van der Waals surface area contributed by atoms with Crippen molar-refractivity contribution >= 4 is 17.6 Å². The average molecular weight is 541 g/mol. The van der Waals surface area contributed by atoms with Crippen molar-refractivity contribution in [3.63, 3.8) is 0 Å². The summed E-state index contributed by atoms with van der Waals surface area (Å²) in [5.41, 5.74) is 2.28. The number of alkyl halides is 1. The molecule has 212 valence electrons. The fourth-order valence-corrected chi connectivity index (χ4v) is 5.30. The SMILES string of the molecule is CON(C)C(=O)c1ccc(CN(C(=O)N2CCOCC2)c2cccc(C3CCN(CC(C)(C)F)CC3)c2)cc1. The van der Waals surface area contributed by atoms with Crippen molar-refractivity contribution in [2.45, 2.75) is 44.8 Å². The number of carbonyl (C=O) groups excluding carboxylic acids is 2. The highest BCUT2D eigenvalue weighted by molar-refractivity contribution is 5.94. The summed E-state index contributed by atoms with van der Waals surface area (Å²) >= 11 is 0. The molecule has 0 bridgehead atoms. The van der Waals surface area contributed by atoms with Crippen molar-refractivity contribution < 1.29 is 23.6 Å². The van der Waals surface area contributed by atoms with Crippen molar-refractivity contribution in [1.29, 1.82) is 0 Å². The van der Waals surface area contributed by atoms with Crippen LogP contribution in [0, 0.1) is 0 Å². The zero-order valence-corrected chi connectivity index (χ0v) is 23.6. The molecular weight excluding hydrogens is 499 g/mol. The Kier molecular flexibility index (Phi) is 9.58. The molecular formula is C30H41FN4O4. The van der Waals surface area contributed by atoms with Crippen LogP contribution in [0.3, 0.4) is 0 Å². The highest BCUT2D eigenvalue weighted by atomic mass is 19.1. The van der Waals surface area contributed by atoms with Crippen molar-refractivity contribution in [3.05, 3.63) is 65.2 Å². The van der Waals surface area contributed by atoms with Gasteiger partial charge >= 0.3 is 6.03 Å². The minimum absolute atomic E-state index is 0.0604. The monoisotopic (exact) mass is 540 g/mol. The molecule has 0 aromatic heterocycles. The predicted octanol–water partition coefficient (Wildman–Crippen LogP) is 4.71. The Balaban J connectivity index is 1.53. The number of urea groups is 1. The van der Waals surface area contributed by atoms with E-state index in [1.54, 1.807) is 33.0 Å². The van der Waals surface area contributed by atoms with Crippen LogP contribution in [-0.2, 0) is 16.1 Å². The Hall–Kier alpha value is -3.01. The van der Waals surface area contributed by atoms with E-state index in [0.29, 0.717) is 50.9 Å². The first kappa shape index (κ1) is 29.0. The first-order valence-corrected chi connectivity index (χ1v) is 13.7. The summed E-state index contributed by atoms with van der Waals surface area (Å²) in [6.45, 7) is 7.97. The first-order chi connectivity index (χ1) is 18.6. The second-order valence-corrected chi connectivity index (χ2v) is 11.0. The Morgan fingerprint density at radius 1 is 1.05 bits per heavy atom. The van der Waals surface area contributed by atoms with E-state index in [2.05, 4.69) is 17.0 Å². The number of hydrogen-bond acceptors (Lipinski definition) is 5. The van der Waals surface area contributed by atoms with Gasteiger partial charge in [0.25, 0.3) is 5.91 Å². The lowest BCUT2D eigenvalue weighted by Gasteiger charge is -2.35. The lowest BCUT2D eigenvalue weighted by Crippen LogP contribution is -2.48. The third-order valence-corrected chi connectivity index (χ3v) is 7.45. The van der Waals surface area contributed by atoms with E-state index in [-0.39, 0.29) is 11.9 Å². The molecule has 0 unspecified atom stereocenters. The third kappa shape index (κ3) is 7.77. The van der Waals surface area contributed by atoms with E-state index in [1.165, 1.54) is 17.7 Å². The molecule has 39 heavy (non-hydrogen) atoms. The van der Waals surface area contributed by atoms with E-state index in [9.17, 15) is 14.0 Å². The molecule has 8 nitrogen and oxygen atoms in total. The molecule has 9 heteroatoms. The maximum atomic E-state index is 14.1. The zero-order valence-electron chi connectivity index (χ0n) is 23.6. The molecule has 2 aromatic carbocycles. The summed E-state index contributed by atoms with van der Waals surface area (Å²) in [5, 5.41) is 1.18. The summed E-state index contributed by atoms with van der Waals surface area (Å²) in [4.78, 5) is 37.0. The molecule has 0 radical (unpaired) electrons. The van der Waals surface area contributed by atoms with Gasteiger partial charge in [0.15, 0.2) is 0 Å². The van der Waals surface area contributed by atoms with Crippen LogP contribution >= 0.6 is 0 Å². The fraction of sp³-hybridized carbons (Fsp3) is 0.533. The molecule has 0 atom stereocenters. The molecule has 0 spiro atoms. The normalized spacial score (nSPS) is 17.2. The molecule has 2 heterocycles. The summed E-state index contributed by atoms with van der Waals surface area (Å²) in [6.07, 6.45) is 1.92. The van der Waals surface area contributed by atoms with Gasteiger partial charge in [0.05, 0.1) is 26.9 Å². The van der Waals surface area contributed by atoms with Crippen LogP contribution in [0.2, 0.25) is 0 Å². The van der Waals surface area contributed by atoms with Gasteiger partial charge in [-0.3, -0.25) is 14.5 Å². The van der Waals surface area contributed by atoms with Crippen molar-refractivity contribution in [1.82, 2.24) is 14.9 Å².